The molecule has 1 saturated heterocycles. The van der Waals surface area contributed by atoms with E-state index in [9.17, 15) is 0 Å². The predicted molar refractivity (Wildman–Crippen MR) is 107 cm³/mol. The normalized spacial score (nSPS) is 23.7. The van der Waals surface area contributed by atoms with Crippen LogP contribution in [0.5, 0.6) is 0 Å². The van der Waals surface area contributed by atoms with Gasteiger partial charge < -0.3 is 9.64 Å². The first-order valence-electron chi connectivity index (χ1n) is 9.52. The highest BCUT2D eigenvalue weighted by molar-refractivity contribution is 5.59. The minimum absolute atomic E-state index is 0.265. The van der Waals surface area contributed by atoms with Gasteiger partial charge in [-0.05, 0) is 75.8 Å². The summed E-state index contributed by atoms with van der Waals surface area (Å²) in [4.78, 5) is 2.53. The van der Waals surface area contributed by atoms with Crippen molar-refractivity contribution >= 4 is 5.69 Å². The van der Waals surface area contributed by atoms with Crippen LogP contribution in [0.4, 0.5) is 5.69 Å². The monoisotopic (exact) mass is 337 g/mol. The summed E-state index contributed by atoms with van der Waals surface area (Å²) in [7, 11) is 0. The van der Waals surface area contributed by atoms with Gasteiger partial charge in [-0.15, -0.1) is 0 Å². The predicted octanol–water partition coefficient (Wildman–Crippen LogP) is 5.09. The van der Waals surface area contributed by atoms with E-state index in [1.54, 1.807) is 0 Å². The molecule has 0 amide bonds. The topological polar surface area (TPSA) is 12.5 Å². The van der Waals surface area contributed by atoms with Crippen molar-refractivity contribution < 1.29 is 4.74 Å². The fourth-order valence-corrected chi connectivity index (χ4v) is 3.91. The Morgan fingerprint density at radius 3 is 2.36 bits per heavy atom. The summed E-state index contributed by atoms with van der Waals surface area (Å²) in [5.74, 6) is 0. The zero-order valence-electron chi connectivity index (χ0n) is 16.3. The van der Waals surface area contributed by atoms with Crippen LogP contribution in [-0.4, -0.2) is 24.8 Å². The van der Waals surface area contributed by atoms with Gasteiger partial charge in [0.05, 0.1) is 18.2 Å². The molecule has 0 saturated carbocycles. The lowest BCUT2D eigenvalue weighted by molar-refractivity contribution is -0.0258. The number of anilines is 1. The molecule has 0 bridgehead atoms. The minimum Gasteiger partial charge on any atom is -0.372 e. The Labute approximate surface area is 152 Å². The van der Waals surface area contributed by atoms with Crippen LogP contribution in [0.1, 0.15) is 43.0 Å². The molecule has 2 heteroatoms. The average Bonchev–Trinajstić information content (AvgIpc) is 2.60. The Morgan fingerprint density at radius 2 is 1.64 bits per heavy atom. The fourth-order valence-electron chi connectivity index (χ4n) is 3.91. The SMILES string of the molecule is Cc1c(CCc2ccccc2)ccc(N2C[C@H](C)O[C@H](C)C2C)c1C. The van der Waals surface area contributed by atoms with E-state index in [0.717, 1.165) is 19.4 Å². The number of nitrogens with zero attached hydrogens (tertiary/aromatic N) is 1. The molecule has 2 aromatic rings. The summed E-state index contributed by atoms with van der Waals surface area (Å²) in [6.07, 6.45) is 2.75. The van der Waals surface area contributed by atoms with Crippen molar-refractivity contribution in [2.45, 2.75) is 65.7 Å². The fraction of sp³-hybridized carbons (Fsp3) is 0.478. The largest absolute Gasteiger partial charge is 0.372 e. The molecule has 3 atom stereocenters. The Bertz CT molecular complexity index is 710. The highest BCUT2D eigenvalue weighted by atomic mass is 16.5. The molecule has 0 radical (unpaired) electrons. The Balaban J connectivity index is 1.80. The maximum Gasteiger partial charge on any atom is 0.0751 e. The first-order valence-corrected chi connectivity index (χ1v) is 9.52. The van der Waals surface area contributed by atoms with Gasteiger partial charge in [0.25, 0.3) is 0 Å². The van der Waals surface area contributed by atoms with Crippen LogP contribution < -0.4 is 4.90 Å². The maximum absolute atomic E-state index is 5.99. The van der Waals surface area contributed by atoms with Crippen molar-refractivity contribution in [3.8, 4) is 0 Å². The van der Waals surface area contributed by atoms with Crippen LogP contribution in [0.3, 0.4) is 0 Å². The van der Waals surface area contributed by atoms with E-state index in [1.165, 1.54) is 27.9 Å². The van der Waals surface area contributed by atoms with E-state index >= 15 is 0 Å². The Morgan fingerprint density at radius 1 is 0.920 bits per heavy atom. The highest BCUT2D eigenvalue weighted by Gasteiger charge is 2.30. The van der Waals surface area contributed by atoms with Crippen LogP contribution in [0.25, 0.3) is 0 Å². The molecule has 1 fully saturated rings. The van der Waals surface area contributed by atoms with E-state index in [-0.39, 0.29) is 12.2 Å². The minimum atomic E-state index is 0.265. The van der Waals surface area contributed by atoms with E-state index < -0.39 is 0 Å². The van der Waals surface area contributed by atoms with Crippen molar-refractivity contribution in [1.82, 2.24) is 0 Å². The number of aryl methyl sites for hydroxylation is 2. The quantitative estimate of drug-likeness (QED) is 0.770. The summed E-state index contributed by atoms with van der Waals surface area (Å²) < 4.78 is 5.99. The summed E-state index contributed by atoms with van der Waals surface area (Å²) >= 11 is 0. The van der Waals surface area contributed by atoms with Crippen molar-refractivity contribution in [1.29, 1.82) is 0 Å². The first kappa shape index (κ1) is 18.0. The van der Waals surface area contributed by atoms with Gasteiger partial charge in [0.1, 0.15) is 0 Å². The first-order chi connectivity index (χ1) is 12.0. The Kier molecular flexibility index (Phi) is 5.48. The molecule has 1 unspecified atom stereocenters. The van der Waals surface area contributed by atoms with Gasteiger partial charge in [-0.25, -0.2) is 0 Å². The molecule has 25 heavy (non-hydrogen) atoms. The standard InChI is InChI=1S/C23H31NO/c1-16-15-24(19(4)20(5)25-16)23-14-13-22(17(2)18(23)3)12-11-21-9-7-6-8-10-21/h6-10,13-14,16,19-20H,11-12,15H2,1-5H3/t16-,19?,20+/m0/s1. The third-order valence-electron chi connectivity index (χ3n) is 5.78. The van der Waals surface area contributed by atoms with E-state index in [2.05, 4.69) is 82.0 Å². The molecule has 2 aromatic carbocycles. The van der Waals surface area contributed by atoms with E-state index in [0.29, 0.717) is 6.04 Å². The lowest BCUT2D eigenvalue weighted by atomic mass is 9.95. The smallest absolute Gasteiger partial charge is 0.0751 e. The zero-order chi connectivity index (χ0) is 18.0. The number of benzene rings is 2. The number of hydrogen-bond donors (Lipinski definition) is 0. The summed E-state index contributed by atoms with van der Waals surface area (Å²) in [6, 6.07) is 15.8. The second-order valence-electron chi connectivity index (χ2n) is 7.52. The lowest BCUT2D eigenvalue weighted by Gasteiger charge is -2.43. The molecule has 0 aromatic heterocycles. The van der Waals surface area contributed by atoms with Crippen molar-refractivity contribution in [2.24, 2.45) is 0 Å². The molecule has 0 aliphatic carbocycles. The van der Waals surface area contributed by atoms with Crippen molar-refractivity contribution in [3.63, 3.8) is 0 Å². The molecule has 2 nitrogen and oxygen atoms in total. The second-order valence-corrected chi connectivity index (χ2v) is 7.52. The van der Waals surface area contributed by atoms with Gasteiger partial charge in [-0.2, -0.15) is 0 Å². The number of ether oxygens (including phenoxy) is 1. The maximum atomic E-state index is 5.99. The third kappa shape index (κ3) is 3.90. The van der Waals surface area contributed by atoms with Crippen LogP contribution in [-0.2, 0) is 17.6 Å². The molecule has 134 valence electrons. The molecule has 0 N–H and O–H groups in total. The van der Waals surface area contributed by atoms with E-state index in [1.807, 2.05) is 0 Å². The van der Waals surface area contributed by atoms with Gasteiger partial charge in [0, 0.05) is 12.2 Å². The average molecular weight is 338 g/mol. The van der Waals surface area contributed by atoms with Crippen molar-refractivity contribution in [2.75, 3.05) is 11.4 Å². The van der Waals surface area contributed by atoms with Crippen molar-refractivity contribution in [3.05, 3.63) is 64.7 Å². The van der Waals surface area contributed by atoms with Gasteiger partial charge in [-0.1, -0.05) is 36.4 Å². The summed E-state index contributed by atoms with van der Waals surface area (Å²) in [6.45, 7) is 12.1. The van der Waals surface area contributed by atoms with Crippen LogP contribution in [0.2, 0.25) is 0 Å². The molecule has 0 spiro atoms. The zero-order valence-corrected chi connectivity index (χ0v) is 16.3. The molecule has 1 aliphatic heterocycles. The molecule has 3 rings (SSSR count). The molecule has 1 aliphatic rings. The number of rotatable bonds is 4. The van der Waals surface area contributed by atoms with Crippen LogP contribution >= 0.6 is 0 Å². The Hall–Kier alpha value is -1.80. The van der Waals surface area contributed by atoms with Crippen LogP contribution in [0, 0.1) is 13.8 Å². The number of morpholine rings is 1. The lowest BCUT2D eigenvalue weighted by Crippen LogP contribution is -2.52. The summed E-state index contributed by atoms with van der Waals surface area (Å²) in [5, 5.41) is 0. The molecular formula is C23H31NO. The number of hydrogen-bond acceptors (Lipinski definition) is 2. The highest BCUT2D eigenvalue weighted by Crippen LogP contribution is 2.31. The van der Waals surface area contributed by atoms with Crippen LogP contribution in [0.15, 0.2) is 42.5 Å². The van der Waals surface area contributed by atoms with Gasteiger partial charge in [0.2, 0.25) is 0 Å². The third-order valence-corrected chi connectivity index (χ3v) is 5.78. The van der Waals surface area contributed by atoms with Gasteiger partial charge >= 0.3 is 0 Å². The second kappa shape index (κ2) is 7.61. The van der Waals surface area contributed by atoms with Gasteiger partial charge in [-0.3, -0.25) is 0 Å². The summed E-state index contributed by atoms with van der Waals surface area (Å²) in [5.41, 5.74) is 7.10. The van der Waals surface area contributed by atoms with Gasteiger partial charge in [0.15, 0.2) is 0 Å². The molecule has 1 heterocycles. The molecular weight excluding hydrogens is 306 g/mol. The van der Waals surface area contributed by atoms with E-state index in [4.69, 9.17) is 4.74 Å².